The molecule has 9 nitrogen and oxygen atoms in total. The maximum absolute atomic E-state index is 12.8. The second kappa shape index (κ2) is 14.8. The molecule has 0 fully saturated rings. The third kappa shape index (κ3) is 9.19. The molecule has 2 aromatic rings. The average Bonchev–Trinajstić information content (AvgIpc) is 2.99. The second-order valence-corrected chi connectivity index (χ2v) is 12.9. The SMILES string of the molecule is CC(=O)OCC(C)(COC(=O)OCCCCc1ccc2c3c4c(ccc13)C=CCC4=CC2)C(=O)OCCCC(=O)OC(C)(C)C. The van der Waals surface area contributed by atoms with E-state index < -0.39 is 41.7 Å². The van der Waals surface area contributed by atoms with Crippen molar-refractivity contribution in [2.75, 3.05) is 26.4 Å². The molecule has 2 aliphatic carbocycles. The number of aryl methyl sites for hydroxylation is 1. The molecule has 9 heteroatoms. The minimum atomic E-state index is -1.45. The molecule has 4 rings (SSSR count). The molecule has 0 amide bonds. The summed E-state index contributed by atoms with van der Waals surface area (Å²) in [5.74, 6) is -1.71. The molecule has 0 aromatic heterocycles. The van der Waals surface area contributed by atoms with Crippen molar-refractivity contribution >= 4 is 46.5 Å². The van der Waals surface area contributed by atoms with Crippen molar-refractivity contribution in [3.8, 4) is 0 Å². The van der Waals surface area contributed by atoms with Crippen molar-refractivity contribution in [3.63, 3.8) is 0 Å². The van der Waals surface area contributed by atoms with Gasteiger partial charge in [0.15, 0.2) is 0 Å². The second-order valence-electron chi connectivity index (χ2n) is 12.9. The summed E-state index contributed by atoms with van der Waals surface area (Å²) < 4.78 is 26.1. The summed E-state index contributed by atoms with van der Waals surface area (Å²) >= 11 is 0. The Labute approximate surface area is 264 Å². The highest BCUT2D eigenvalue weighted by molar-refractivity contribution is 6.03. The van der Waals surface area contributed by atoms with Gasteiger partial charge in [-0.15, -0.1) is 0 Å². The Morgan fingerprint density at radius 1 is 0.822 bits per heavy atom. The van der Waals surface area contributed by atoms with Crippen LogP contribution in [0.25, 0.3) is 22.4 Å². The number of esters is 3. The van der Waals surface area contributed by atoms with Crippen molar-refractivity contribution in [2.45, 2.75) is 85.2 Å². The first kappa shape index (κ1) is 33.7. The van der Waals surface area contributed by atoms with Gasteiger partial charge in [-0.2, -0.15) is 0 Å². The topological polar surface area (TPSA) is 114 Å². The third-order valence-electron chi connectivity index (χ3n) is 7.75. The molecule has 0 saturated heterocycles. The first-order valence-corrected chi connectivity index (χ1v) is 15.6. The van der Waals surface area contributed by atoms with Crippen LogP contribution in [-0.2, 0) is 50.9 Å². The van der Waals surface area contributed by atoms with Crippen molar-refractivity contribution in [1.29, 1.82) is 0 Å². The van der Waals surface area contributed by atoms with Crippen LogP contribution < -0.4 is 0 Å². The lowest BCUT2D eigenvalue weighted by Gasteiger charge is -2.26. The molecule has 0 spiro atoms. The quantitative estimate of drug-likeness (QED) is 0.126. The number of ether oxygens (including phenoxy) is 5. The van der Waals surface area contributed by atoms with Crippen molar-refractivity contribution in [1.82, 2.24) is 0 Å². The number of hydrogen-bond donors (Lipinski definition) is 0. The molecule has 2 aromatic carbocycles. The van der Waals surface area contributed by atoms with E-state index in [0.717, 1.165) is 25.7 Å². The zero-order valence-corrected chi connectivity index (χ0v) is 27.0. The van der Waals surface area contributed by atoms with Crippen LogP contribution in [0, 0.1) is 5.41 Å². The number of hydrogen-bond acceptors (Lipinski definition) is 9. The van der Waals surface area contributed by atoms with E-state index in [-0.39, 0.29) is 32.7 Å². The van der Waals surface area contributed by atoms with Crippen LogP contribution in [0.4, 0.5) is 4.79 Å². The first-order valence-electron chi connectivity index (χ1n) is 15.6. The zero-order valence-electron chi connectivity index (χ0n) is 27.0. The Morgan fingerprint density at radius 2 is 1.58 bits per heavy atom. The smallest absolute Gasteiger partial charge is 0.465 e. The lowest BCUT2D eigenvalue weighted by atomic mass is 9.80. The fourth-order valence-electron chi connectivity index (χ4n) is 5.50. The number of carbonyl (C=O) groups excluding carboxylic acids is 4. The minimum Gasteiger partial charge on any atom is -0.465 e. The summed E-state index contributed by atoms with van der Waals surface area (Å²) in [6.07, 6.45) is 10.4. The van der Waals surface area contributed by atoms with Crippen LogP contribution in [0.1, 0.15) is 89.0 Å². The minimum absolute atomic E-state index is 0.0480. The summed E-state index contributed by atoms with van der Waals surface area (Å²) in [4.78, 5) is 48.5. The molecule has 2 aliphatic rings. The highest BCUT2D eigenvalue weighted by Crippen LogP contribution is 2.41. The lowest BCUT2D eigenvalue weighted by molar-refractivity contribution is -0.167. The van der Waals surface area contributed by atoms with Gasteiger partial charge >= 0.3 is 24.1 Å². The monoisotopic (exact) mass is 620 g/mol. The number of allylic oxidation sites excluding steroid dienone is 3. The Morgan fingerprint density at radius 3 is 2.33 bits per heavy atom. The summed E-state index contributed by atoms with van der Waals surface area (Å²) in [6.45, 7) is 7.37. The fourth-order valence-corrected chi connectivity index (χ4v) is 5.50. The standard InChI is InChI=1S/C36H44O9/c1-24(37)43-22-36(5,33(39)41-21-9-13-30(38)45-35(2,3)4)23-44-34(40)42-20-7-6-10-25-14-15-28-17-16-26-11-8-12-27-18-19-29(25)32(28)31(26)27/h8,12,14-16,18-19H,6-7,9-11,13,17,20-23H2,1-5H3. The van der Waals surface area contributed by atoms with E-state index in [4.69, 9.17) is 23.7 Å². The Bertz CT molecular complexity index is 1490. The summed E-state index contributed by atoms with van der Waals surface area (Å²) in [5, 5.41) is 2.65. The highest BCUT2D eigenvalue weighted by Gasteiger charge is 2.38. The molecule has 0 N–H and O–H groups in total. The predicted molar refractivity (Wildman–Crippen MR) is 170 cm³/mol. The number of carbonyl (C=O) groups is 4. The normalized spacial score (nSPS) is 14.6. The third-order valence-corrected chi connectivity index (χ3v) is 7.75. The van der Waals surface area contributed by atoms with Gasteiger partial charge in [-0.25, -0.2) is 4.79 Å². The van der Waals surface area contributed by atoms with Crippen molar-refractivity contribution < 1.29 is 42.9 Å². The molecule has 0 bridgehead atoms. The molecular formula is C36H44O9. The van der Waals surface area contributed by atoms with Crippen molar-refractivity contribution in [3.05, 3.63) is 58.7 Å². The van der Waals surface area contributed by atoms with Gasteiger partial charge in [0.05, 0.1) is 13.2 Å². The van der Waals surface area contributed by atoms with E-state index in [1.165, 1.54) is 52.4 Å². The first-order chi connectivity index (χ1) is 21.4. The Kier molecular flexibility index (Phi) is 11.1. The Balaban J connectivity index is 1.22. The van der Waals surface area contributed by atoms with E-state index >= 15 is 0 Å². The van der Waals surface area contributed by atoms with Gasteiger partial charge < -0.3 is 23.7 Å². The number of unbranched alkanes of at least 4 members (excludes halogenated alkanes) is 1. The van der Waals surface area contributed by atoms with E-state index in [0.29, 0.717) is 6.42 Å². The molecule has 242 valence electrons. The van der Waals surface area contributed by atoms with Crippen LogP contribution in [0.2, 0.25) is 0 Å². The van der Waals surface area contributed by atoms with Crippen LogP contribution >= 0.6 is 0 Å². The zero-order chi connectivity index (χ0) is 32.6. The average molecular weight is 621 g/mol. The molecule has 0 saturated carbocycles. The fraction of sp³-hybridized carbons (Fsp3) is 0.500. The molecule has 1 unspecified atom stereocenters. The molecule has 0 radical (unpaired) electrons. The summed E-state index contributed by atoms with van der Waals surface area (Å²) in [6, 6.07) is 8.86. The van der Waals surface area contributed by atoms with Gasteiger partial charge in [0.2, 0.25) is 0 Å². The van der Waals surface area contributed by atoms with E-state index in [9.17, 15) is 19.2 Å². The van der Waals surface area contributed by atoms with Gasteiger partial charge in [-0.1, -0.05) is 42.5 Å². The maximum Gasteiger partial charge on any atom is 0.508 e. The molecule has 1 atom stereocenters. The number of rotatable bonds is 14. The maximum atomic E-state index is 12.8. The van der Waals surface area contributed by atoms with E-state index in [1.54, 1.807) is 20.8 Å². The molecule has 0 heterocycles. The van der Waals surface area contributed by atoms with Gasteiger partial charge in [-0.05, 0) is 105 Å². The highest BCUT2D eigenvalue weighted by atomic mass is 16.7. The Hall–Kier alpha value is -4.14. The molecule has 0 aliphatic heterocycles. The van der Waals surface area contributed by atoms with Crippen LogP contribution in [0.3, 0.4) is 0 Å². The van der Waals surface area contributed by atoms with E-state index in [2.05, 4.69) is 42.5 Å². The summed E-state index contributed by atoms with van der Waals surface area (Å²) in [5.41, 5.74) is 4.65. The van der Waals surface area contributed by atoms with E-state index in [1.807, 2.05) is 0 Å². The van der Waals surface area contributed by atoms with Crippen LogP contribution in [0.5, 0.6) is 0 Å². The lowest BCUT2D eigenvalue weighted by Crippen LogP contribution is -2.40. The largest absolute Gasteiger partial charge is 0.508 e. The van der Waals surface area contributed by atoms with Gasteiger partial charge in [0.1, 0.15) is 24.2 Å². The summed E-state index contributed by atoms with van der Waals surface area (Å²) in [7, 11) is 0. The molecule has 45 heavy (non-hydrogen) atoms. The predicted octanol–water partition coefficient (Wildman–Crippen LogP) is 6.91. The van der Waals surface area contributed by atoms with Gasteiger partial charge in [0.25, 0.3) is 0 Å². The van der Waals surface area contributed by atoms with Gasteiger partial charge in [-0.3, -0.25) is 14.4 Å². The van der Waals surface area contributed by atoms with Crippen LogP contribution in [-0.4, -0.2) is 56.1 Å². The van der Waals surface area contributed by atoms with Crippen molar-refractivity contribution in [2.24, 2.45) is 5.41 Å². The number of benzene rings is 2. The van der Waals surface area contributed by atoms with Crippen LogP contribution in [0.15, 0.2) is 36.4 Å². The van der Waals surface area contributed by atoms with Gasteiger partial charge in [0, 0.05) is 13.3 Å². The molecular weight excluding hydrogens is 576 g/mol.